The second-order valence-electron chi connectivity index (χ2n) is 3.77. The molecular weight excluding hydrogens is 222 g/mol. The predicted octanol–water partition coefficient (Wildman–Crippen LogP) is 1.37. The van der Waals surface area contributed by atoms with Crippen LogP contribution in [0.2, 0.25) is 0 Å². The number of nitrogens with two attached hydrogens (primary N) is 1. The largest absolute Gasteiger partial charge is 0.373 e. The molecule has 96 valence electrons. The van der Waals surface area contributed by atoms with Gasteiger partial charge in [0, 0.05) is 12.7 Å². The van der Waals surface area contributed by atoms with Gasteiger partial charge < -0.3 is 9.26 Å². The third-order valence-electron chi connectivity index (χ3n) is 2.31. The fourth-order valence-corrected chi connectivity index (χ4v) is 1.37. The number of carbonyl (C=O) groups is 1. The Morgan fingerprint density at radius 1 is 1.53 bits per heavy atom. The van der Waals surface area contributed by atoms with E-state index in [2.05, 4.69) is 12.1 Å². The zero-order chi connectivity index (χ0) is 12.5. The maximum absolute atomic E-state index is 11.1. The van der Waals surface area contributed by atoms with Gasteiger partial charge in [0.1, 0.15) is 6.61 Å². The van der Waals surface area contributed by atoms with Crippen LogP contribution in [0.1, 0.15) is 48.9 Å². The molecule has 0 saturated heterocycles. The molecule has 0 spiro atoms. The molecule has 0 aliphatic carbocycles. The fourth-order valence-electron chi connectivity index (χ4n) is 1.37. The summed E-state index contributed by atoms with van der Waals surface area (Å²) in [7, 11) is 0. The second kappa shape index (κ2) is 7.81. The number of rotatable bonds is 8. The van der Waals surface area contributed by atoms with Crippen molar-refractivity contribution in [2.45, 2.75) is 39.2 Å². The maximum Gasteiger partial charge on any atom is 0.287 e. The van der Waals surface area contributed by atoms with Crippen molar-refractivity contribution in [3.63, 3.8) is 0 Å². The third kappa shape index (κ3) is 4.97. The van der Waals surface area contributed by atoms with Crippen LogP contribution in [-0.2, 0) is 11.3 Å². The molecule has 1 aromatic rings. The van der Waals surface area contributed by atoms with E-state index < -0.39 is 5.91 Å². The number of carbonyl (C=O) groups excluding carboxylic acids is 1. The highest BCUT2D eigenvalue weighted by Gasteiger charge is 2.10. The minimum absolute atomic E-state index is 0.164. The number of hydrazine groups is 1. The highest BCUT2D eigenvalue weighted by molar-refractivity contribution is 5.91. The van der Waals surface area contributed by atoms with Crippen molar-refractivity contribution in [3.8, 4) is 0 Å². The van der Waals surface area contributed by atoms with Gasteiger partial charge in [-0.1, -0.05) is 31.3 Å². The summed E-state index contributed by atoms with van der Waals surface area (Å²) < 4.78 is 10.3. The van der Waals surface area contributed by atoms with Gasteiger partial charge in [-0.3, -0.25) is 10.2 Å². The first kappa shape index (κ1) is 13.7. The van der Waals surface area contributed by atoms with Gasteiger partial charge in [0.2, 0.25) is 0 Å². The van der Waals surface area contributed by atoms with Crippen molar-refractivity contribution in [1.82, 2.24) is 10.6 Å². The molecule has 0 fully saturated rings. The minimum Gasteiger partial charge on any atom is -0.373 e. The summed E-state index contributed by atoms with van der Waals surface area (Å²) in [6.45, 7) is 3.19. The van der Waals surface area contributed by atoms with Gasteiger partial charge in [-0.15, -0.1) is 0 Å². The van der Waals surface area contributed by atoms with Crippen LogP contribution in [0.25, 0.3) is 0 Å². The monoisotopic (exact) mass is 241 g/mol. The van der Waals surface area contributed by atoms with Crippen LogP contribution in [0, 0.1) is 0 Å². The predicted molar refractivity (Wildman–Crippen MR) is 62.0 cm³/mol. The minimum atomic E-state index is -0.469. The molecule has 1 aromatic heterocycles. The van der Waals surface area contributed by atoms with Crippen LogP contribution in [0.3, 0.4) is 0 Å². The Labute approximate surface area is 100 Å². The summed E-state index contributed by atoms with van der Waals surface area (Å²) in [4.78, 5) is 11.1. The highest BCUT2D eigenvalue weighted by atomic mass is 16.5. The Kier molecular flexibility index (Phi) is 6.27. The molecule has 0 saturated carbocycles. The van der Waals surface area contributed by atoms with Crippen LogP contribution in [0.5, 0.6) is 0 Å². The average Bonchev–Trinajstić information content (AvgIpc) is 2.81. The third-order valence-corrected chi connectivity index (χ3v) is 2.31. The second-order valence-corrected chi connectivity index (χ2v) is 3.77. The van der Waals surface area contributed by atoms with E-state index in [1.54, 1.807) is 0 Å². The smallest absolute Gasteiger partial charge is 0.287 e. The highest BCUT2D eigenvalue weighted by Crippen LogP contribution is 2.06. The van der Waals surface area contributed by atoms with Crippen LogP contribution in [-0.4, -0.2) is 17.7 Å². The van der Waals surface area contributed by atoms with Crippen molar-refractivity contribution < 1.29 is 14.1 Å². The standard InChI is InChI=1S/C11H19N3O3/c1-2-3-4-5-6-16-8-9-7-10(14-17-9)11(15)13-12/h7H,2-6,8,12H2,1H3,(H,13,15). The number of aromatic nitrogens is 1. The Balaban J connectivity index is 2.19. The van der Waals surface area contributed by atoms with Crippen LogP contribution in [0.15, 0.2) is 10.6 Å². The summed E-state index contributed by atoms with van der Waals surface area (Å²) in [6.07, 6.45) is 4.65. The normalized spacial score (nSPS) is 10.5. The summed E-state index contributed by atoms with van der Waals surface area (Å²) >= 11 is 0. The van der Waals surface area contributed by atoms with Crippen LogP contribution < -0.4 is 11.3 Å². The first-order valence-corrected chi connectivity index (χ1v) is 5.82. The van der Waals surface area contributed by atoms with E-state index in [0.29, 0.717) is 19.0 Å². The molecule has 6 heteroatoms. The zero-order valence-corrected chi connectivity index (χ0v) is 10.1. The lowest BCUT2D eigenvalue weighted by Gasteiger charge is -2.00. The van der Waals surface area contributed by atoms with Gasteiger partial charge in [0.05, 0.1) is 0 Å². The summed E-state index contributed by atoms with van der Waals surface area (Å²) in [5, 5.41) is 3.57. The van der Waals surface area contributed by atoms with Gasteiger partial charge in [-0.25, -0.2) is 5.84 Å². The van der Waals surface area contributed by atoms with E-state index in [4.69, 9.17) is 15.1 Å². The molecule has 0 aliphatic heterocycles. The Bertz CT molecular complexity index is 338. The van der Waals surface area contributed by atoms with E-state index in [-0.39, 0.29) is 5.69 Å². The van der Waals surface area contributed by atoms with Gasteiger partial charge in [-0.2, -0.15) is 0 Å². The summed E-state index contributed by atoms with van der Waals surface area (Å²) in [6, 6.07) is 1.52. The number of nitrogen functional groups attached to an aromatic ring is 1. The summed E-state index contributed by atoms with van der Waals surface area (Å²) in [5.74, 6) is 5.03. The lowest BCUT2D eigenvalue weighted by atomic mass is 10.2. The number of ether oxygens (including phenoxy) is 1. The van der Waals surface area contributed by atoms with Crippen molar-refractivity contribution in [3.05, 3.63) is 17.5 Å². The van der Waals surface area contributed by atoms with Gasteiger partial charge in [-0.05, 0) is 6.42 Å². The lowest BCUT2D eigenvalue weighted by molar-refractivity contribution is 0.0934. The molecule has 0 atom stereocenters. The molecule has 1 amide bonds. The zero-order valence-electron chi connectivity index (χ0n) is 10.1. The molecule has 6 nitrogen and oxygen atoms in total. The fraction of sp³-hybridized carbons (Fsp3) is 0.636. The molecule has 1 heterocycles. The molecule has 0 aliphatic rings. The van der Waals surface area contributed by atoms with Crippen LogP contribution in [0.4, 0.5) is 0 Å². The Morgan fingerprint density at radius 2 is 2.35 bits per heavy atom. The quantitative estimate of drug-likeness (QED) is 0.310. The van der Waals surface area contributed by atoms with E-state index in [1.165, 1.54) is 25.3 Å². The molecule has 3 N–H and O–H groups in total. The molecule has 0 aromatic carbocycles. The maximum atomic E-state index is 11.1. The van der Waals surface area contributed by atoms with Crippen molar-refractivity contribution >= 4 is 5.91 Å². The first-order valence-electron chi connectivity index (χ1n) is 5.82. The van der Waals surface area contributed by atoms with Crippen molar-refractivity contribution in [2.75, 3.05) is 6.61 Å². The molecule has 0 unspecified atom stereocenters. The molecule has 17 heavy (non-hydrogen) atoms. The molecule has 1 rings (SSSR count). The topological polar surface area (TPSA) is 90.4 Å². The average molecular weight is 241 g/mol. The lowest BCUT2D eigenvalue weighted by Crippen LogP contribution is -2.30. The Hall–Kier alpha value is -1.40. The first-order chi connectivity index (χ1) is 8.27. The number of hydrogen-bond acceptors (Lipinski definition) is 5. The van der Waals surface area contributed by atoms with E-state index >= 15 is 0 Å². The van der Waals surface area contributed by atoms with Gasteiger partial charge in [0.25, 0.3) is 5.91 Å². The van der Waals surface area contributed by atoms with Crippen molar-refractivity contribution in [1.29, 1.82) is 0 Å². The van der Waals surface area contributed by atoms with E-state index in [1.807, 2.05) is 5.43 Å². The number of amides is 1. The number of hydrogen-bond donors (Lipinski definition) is 2. The van der Waals surface area contributed by atoms with E-state index in [9.17, 15) is 4.79 Å². The number of nitrogens with zero attached hydrogens (tertiary/aromatic N) is 1. The van der Waals surface area contributed by atoms with Gasteiger partial charge in [0.15, 0.2) is 11.5 Å². The molecule has 0 radical (unpaired) electrons. The van der Waals surface area contributed by atoms with Crippen molar-refractivity contribution in [2.24, 2.45) is 5.84 Å². The molecular formula is C11H19N3O3. The number of unbranched alkanes of at least 4 members (excludes halogenated alkanes) is 3. The summed E-state index contributed by atoms with van der Waals surface area (Å²) in [5.41, 5.74) is 2.15. The van der Waals surface area contributed by atoms with E-state index in [0.717, 1.165) is 6.42 Å². The van der Waals surface area contributed by atoms with Gasteiger partial charge >= 0.3 is 0 Å². The SMILES string of the molecule is CCCCCCOCc1cc(C(=O)NN)no1. The van der Waals surface area contributed by atoms with Crippen LogP contribution >= 0.6 is 0 Å². The number of nitrogens with one attached hydrogen (secondary N) is 1. The Morgan fingerprint density at radius 3 is 3.06 bits per heavy atom. The molecule has 0 bridgehead atoms.